The third-order valence-electron chi connectivity index (χ3n) is 18.7. The van der Waals surface area contributed by atoms with Crippen LogP contribution in [0, 0.1) is 11.8 Å². The van der Waals surface area contributed by atoms with E-state index in [0.29, 0.717) is 122 Å². The third-order valence-corrected chi connectivity index (χ3v) is 21.3. The van der Waals surface area contributed by atoms with Gasteiger partial charge in [-0.25, -0.2) is 24.4 Å². The molecule has 109 heavy (non-hydrogen) atoms. The van der Waals surface area contributed by atoms with Gasteiger partial charge in [0.15, 0.2) is 11.6 Å². The number of nitrogens with one attached hydrogen (secondary N) is 2. The van der Waals surface area contributed by atoms with E-state index in [0.717, 1.165) is 68.3 Å². The van der Waals surface area contributed by atoms with Crippen LogP contribution in [0.3, 0.4) is 0 Å². The SMILES string of the molecule is CC(C)SCc1nc2ccc(C(=O)CCCOCCOCCOCCOCCC(=O)C[C@H](C(=O)N[C@@H](CCCNC(N)=O)C(=O)Cc3ccc(COC(=O)N(C)CCN(C)C(=O)Oc4cc5c(c6ccccc46)[C@H](CCl)CN5C(=O)C4=Cc5cc(OCCN(C)C)ccc5C4)cc3)C(C)C)cc2nc1CSC(C)C. The third kappa shape index (κ3) is 27.1. The summed E-state index contributed by atoms with van der Waals surface area (Å²) in [4.78, 5) is 124. The van der Waals surface area contributed by atoms with Crippen molar-refractivity contribution in [3.63, 3.8) is 0 Å². The van der Waals surface area contributed by atoms with E-state index in [9.17, 15) is 38.4 Å². The second kappa shape index (κ2) is 44.0. The maximum atomic E-state index is 14.5. The number of Topliss-reactive ketones (excluding diaryl/α,β-unsaturated/α-hetero) is 3. The molecule has 0 saturated heterocycles. The van der Waals surface area contributed by atoms with Gasteiger partial charge < -0.3 is 69.1 Å². The van der Waals surface area contributed by atoms with Crippen LogP contribution < -0.4 is 30.7 Å². The van der Waals surface area contributed by atoms with E-state index in [1.165, 1.54) is 9.80 Å². The number of thioether (sulfide) groups is 2. The zero-order chi connectivity index (χ0) is 78.5. The normalized spacial score (nSPS) is 13.7. The molecular weight excluding hydrogens is 1450 g/mol. The fraction of sp³-hybridized carbons (Fsp3) is 0.512. The molecule has 27 heteroatoms. The molecule has 0 radical (unpaired) electrons. The number of primary amides is 1. The lowest BCUT2D eigenvalue weighted by molar-refractivity contribution is -0.134. The lowest BCUT2D eigenvalue weighted by Gasteiger charge is -2.24. The van der Waals surface area contributed by atoms with Crippen molar-refractivity contribution in [1.29, 1.82) is 0 Å². The van der Waals surface area contributed by atoms with Gasteiger partial charge in [0.2, 0.25) is 5.91 Å². The zero-order valence-corrected chi connectivity index (χ0v) is 67.1. The Morgan fingerprint density at radius 2 is 1.31 bits per heavy atom. The topological polar surface area (TPSA) is 290 Å². The molecule has 0 spiro atoms. The quantitative estimate of drug-likeness (QED) is 0.0182. The van der Waals surface area contributed by atoms with Gasteiger partial charge >= 0.3 is 18.2 Å². The first-order valence-corrected chi connectivity index (χ1v) is 40.2. The number of likely N-dealkylation sites (N-methyl/N-ethyl adjacent to an activating group) is 3. The minimum absolute atomic E-state index is 0.0344. The van der Waals surface area contributed by atoms with Crippen molar-refractivity contribution in [3.8, 4) is 11.5 Å². The lowest BCUT2D eigenvalue weighted by Crippen LogP contribution is -2.46. The molecule has 6 aromatic rings. The molecule has 0 bridgehead atoms. The molecule has 3 atom stereocenters. The fourth-order valence-corrected chi connectivity index (χ4v) is 14.1. The van der Waals surface area contributed by atoms with Crippen molar-refractivity contribution in [2.45, 2.75) is 133 Å². The van der Waals surface area contributed by atoms with Crippen LogP contribution in [-0.2, 0) is 73.8 Å². The molecule has 24 nitrogen and oxygen atoms in total. The first kappa shape index (κ1) is 86.4. The molecule has 2 aliphatic rings. The van der Waals surface area contributed by atoms with Gasteiger partial charge in [0.1, 0.15) is 30.5 Å². The van der Waals surface area contributed by atoms with Crippen molar-refractivity contribution in [3.05, 3.63) is 141 Å². The molecule has 4 N–H and O–H groups in total. The van der Waals surface area contributed by atoms with E-state index < -0.39 is 36.1 Å². The summed E-state index contributed by atoms with van der Waals surface area (Å²) >= 11 is 10.3. The highest BCUT2D eigenvalue weighted by molar-refractivity contribution is 7.99. The van der Waals surface area contributed by atoms with Crippen LogP contribution in [0.2, 0.25) is 0 Å². The van der Waals surface area contributed by atoms with Crippen LogP contribution in [0.15, 0.2) is 96.6 Å². The summed E-state index contributed by atoms with van der Waals surface area (Å²) < 4.78 is 40.4. The Bertz CT molecular complexity index is 4110. The number of aromatic nitrogens is 2. The number of alkyl halides is 1. The predicted molar refractivity (Wildman–Crippen MR) is 429 cm³/mol. The number of amides is 6. The highest BCUT2D eigenvalue weighted by atomic mass is 35.5. The Kier molecular flexibility index (Phi) is 34.9. The van der Waals surface area contributed by atoms with E-state index in [1.807, 2.05) is 123 Å². The van der Waals surface area contributed by atoms with Gasteiger partial charge in [-0.05, 0) is 119 Å². The first-order valence-electron chi connectivity index (χ1n) is 37.5. The van der Waals surface area contributed by atoms with Crippen molar-refractivity contribution >= 4 is 116 Å². The number of rotatable bonds is 47. The molecule has 590 valence electrons. The van der Waals surface area contributed by atoms with Gasteiger partial charge in [-0.3, -0.25) is 24.0 Å². The number of fused-ring (bicyclic) bond motifs is 5. The smallest absolute Gasteiger partial charge is 0.415 e. The van der Waals surface area contributed by atoms with Gasteiger partial charge in [-0.1, -0.05) is 96.1 Å². The molecule has 1 aromatic heterocycles. The van der Waals surface area contributed by atoms with Crippen molar-refractivity contribution in [2.75, 3.05) is 131 Å². The number of halogens is 1. The molecule has 5 aromatic carbocycles. The van der Waals surface area contributed by atoms with E-state index in [2.05, 4.69) is 38.3 Å². The maximum absolute atomic E-state index is 14.5. The van der Waals surface area contributed by atoms with Crippen LogP contribution >= 0.6 is 35.1 Å². The summed E-state index contributed by atoms with van der Waals surface area (Å²) in [5.41, 5.74) is 14.8. The molecule has 6 amide bonds. The number of hydrogen-bond acceptors (Lipinski definition) is 20. The van der Waals surface area contributed by atoms with Crippen LogP contribution in [0.4, 0.5) is 20.1 Å². The number of nitrogens with zero attached hydrogens (tertiary/aromatic N) is 6. The van der Waals surface area contributed by atoms with Gasteiger partial charge in [0, 0.05) is 137 Å². The first-order chi connectivity index (χ1) is 52.3. The Hall–Kier alpha value is -8.21. The number of benzene rings is 5. The molecular formula is C82H108ClN9O15S2. The largest absolute Gasteiger partial charge is 0.492 e. The average Bonchev–Trinajstić information content (AvgIpc) is 1.61. The van der Waals surface area contributed by atoms with Gasteiger partial charge in [0.05, 0.1) is 80.4 Å². The number of hydrogen-bond donors (Lipinski definition) is 3. The van der Waals surface area contributed by atoms with Crippen LogP contribution in [-0.4, -0.2) is 215 Å². The molecule has 0 unspecified atom stereocenters. The molecule has 1 aliphatic carbocycles. The highest BCUT2D eigenvalue weighted by Gasteiger charge is 2.38. The van der Waals surface area contributed by atoms with E-state index in [4.69, 9.17) is 60.5 Å². The van der Waals surface area contributed by atoms with E-state index in [-0.39, 0.29) is 112 Å². The minimum Gasteiger partial charge on any atom is -0.492 e. The lowest BCUT2D eigenvalue weighted by atomic mass is 9.88. The molecule has 8 rings (SSSR count). The Labute approximate surface area is 654 Å². The van der Waals surface area contributed by atoms with Crippen LogP contribution in [0.5, 0.6) is 11.5 Å². The Balaban J connectivity index is 0.707. The second-order valence-electron chi connectivity index (χ2n) is 28.6. The number of nitrogens with two attached hydrogens (primary N) is 1. The number of ketones is 3. The predicted octanol–water partition coefficient (Wildman–Crippen LogP) is 12.4. The number of urea groups is 1. The summed E-state index contributed by atoms with van der Waals surface area (Å²) in [5.74, 6) is 0.715. The summed E-state index contributed by atoms with van der Waals surface area (Å²) in [6.45, 7) is 16.9. The maximum Gasteiger partial charge on any atom is 0.415 e. The number of ether oxygens (including phenoxy) is 7. The average molecular weight is 1560 g/mol. The summed E-state index contributed by atoms with van der Waals surface area (Å²) in [5, 5.41) is 7.89. The number of carbonyl (C=O) groups excluding carboxylic acids is 8. The van der Waals surface area contributed by atoms with Crippen LogP contribution in [0.25, 0.3) is 27.9 Å². The molecule has 1 aliphatic heterocycles. The molecule has 0 saturated carbocycles. The number of anilines is 1. The Morgan fingerprint density at radius 3 is 1.95 bits per heavy atom. The van der Waals surface area contributed by atoms with Crippen molar-refractivity contribution < 1.29 is 71.5 Å². The standard InChI is InChI=1S/C82H108ClN9O15S2/c1-53(2)67(46-63(93)27-33-102-36-38-104-40-39-103-37-35-101-32-14-18-74(94)59-24-26-68-70(45-59)87-72(52-109-55(5)6)71(86-68)51-108-54(3)4)78(96)88-69(17-13-28-85-80(84)98)75(95)41-56-19-21-57(22-20-56)50-106-81(99)90(9)29-30-91(10)82(100)107-76-47-73-77(66-16-12-11-15-65(66)76)62(48-83)49-92(73)79(97)61-42-58-23-25-64(44-60(58)43-61)105-34-31-89(7)8/h11-12,15-16,19-26,43-45,47,53-55,62,67,69H,13-14,17-18,27-42,46,48-52H2,1-10H3,(H,88,96)(H3,84,85,98)/t62-,67+,69+/m1/s1. The summed E-state index contributed by atoms with van der Waals surface area (Å²) in [6.07, 6.45) is 2.51. The van der Waals surface area contributed by atoms with Gasteiger partial charge in [0.25, 0.3) is 5.91 Å². The Morgan fingerprint density at radius 1 is 0.679 bits per heavy atom. The van der Waals surface area contributed by atoms with Gasteiger partial charge in [-0.15, -0.1) is 11.6 Å². The van der Waals surface area contributed by atoms with E-state index in [1.54, 1.807) is 49.3 Å². The minimum atomic E-state index is -0.939. The molecule has 2 heterocycles. The van der Waals surface area contributed by atoms with Crippen molar-refractivity contribution in [2.24, 2.45) is 17.6 Å². The second-order valence-corrected chi connectivity index (χ2v) is 32.0. The van der Waals surface area contributed by atoms with E-state index >= 15 is 0 Å². The van der Waals surface area contributed by atoms with Gasteiger partial charge in [-0.2, -0.15) is 23.5 Å². The highest BCUT2D eigenvalue weighted by Crippen LogP contribution is 2.47. The van der Waals surface area contributed by atoms with Crippen LogP contribution in [0.1, 0.15) is 136 Å². The summed E-state index contributed by atoms with van der Waals surface area (Å²) in [7, 11) is 7.10. The summed E-state index contributed by atoms with van der Waals surface area (Å²) in [6, 6.07) is 26.1. The number of carbonyl (C=O) groups is 8. The van der Waals surface area contributed by atoms with Crippen molar-refractivity contribution in [1.82, 2.24) is 35.3 Å². The monoisotopic (exact) mass is 1560 g/mol. The zero-order valence-electron chi connectivity index (χ0n) is 64.7. The fourth-order valence-electron chi connectivity index (χ4n) is 12.4. The molecule has 0 fully saturated rings.